The van der Waals surface area contributed by atoms with Gasteiger partial charge in [0.1, 0.15) is 13.2 Å². The number of alkyl carbamates (subject to hydrolysis) is 1. The predicted octanol–water partition coefficient (Wildman–Crippen LogP) is 4.26. The molecule has 2 amide bonds. The van der Waals surface area contributed by atoms with Crippen LogP contribution in [0.4, 0.5) is 4.79 Å². The molecule has 0 radical (unpaired) electrons. The molecule has 176 valence electrons. The van der Waals surface area contributed by atoms with Crippen molar-refractivity contribution in [3.05, 3.63) is 59.7 Å². The standard InChI is InChI=1S/C26H32N2O5/c1-3-15-28(16-24(29)30)25(31)18(2)9-8-14-27-26(32)33-17-23-21-12-6-4-10-19(21)20-11-5-7-13-22(20)23/h4-7,10-13,18,23H,3,8-9,14-17H2,1-2H3,(H,27,32)(H,29,30). The molecule has 0 aromatic heterocycles. The molecule has 0 aliphatic heterocycles. The Bertz CT molecular complexity index is 945. The zero-order valence-corrected chi connectivity index (χ0v) is 19.3. The quantitative estimate of drug-likeness (QED) is 0.497. The van der Waals surface area contributed by atoms with Gasteiger partial charge < -0.3 is 20.1 Å². The number of fused-ring (bicyclic) bond motifs is 3. The first-order valence-electron chi connectivity index (χ1n) is 11.5. The minimum Gasteiger partial charge on any atom is -0.480 e. The molecule has 0 bridgehead atoms. The highest BCUT2D eigenvalue weighted by Crippen LogP contribution is 2.44. The fraction of sp³-hybridized carbons (Fsp3) is 0.423. The summed E-state index contributed by atoms with van der Waals surface area (Å²) in [6, 6.07) is 16.4. The first kappa shape index (κ1) is 24.3. The van der Waals surface area contributed by atoms with Crippen LogP contribution in [0.5, 0.6) is 0 Å². The van der Waals surface area contributed by atoms with Gasteiger partial charge in [-0.3, -0.25) is 9.59 Å². The van der Waals surface area contributed by atoms with E-state index in [1.54, 1.807) is 6.92 Å². The molecule has 7 heteroatoms. The van der Waals surface area contributed by atoms with Gasteiger partial charge in [0.05, 0.1) is 0 Å². The average molecular weight is 453 g/mol. The van der Waals surface area contributed by atoms with Crippen molar-refractivity contribution >= 4 is 18.0 Å². The van der Waals surface area contributed by atoms with Crippen LogP contribution in [0, 0.1) is 5.92 Å². The number of ether oxygens (including phenoxy) is 1. The normalized spacial score (nSPS) is 13.0. The molecule has 1 aliphatic rings. The van der Waals surface area contributed by atoms with E-state index in [0.717, 1.165) is 11.1 Å². The summed E-state index contributed by atoms with van der Waals surface area (Å²) in [5.41, 5.74) is 4.69. The fourth-order valence-corrected chi connectivity index (χ4v) is 4.38. The van der Waals surface area contributed by atoms with Crippen LogP contribution in [-0.2, 0) is 14.3 Å². The van der Waals surface area contributed by atoms with Crippen molar-refractivity contribution < 1.29 is 24.2 Å². The topological polar surface area (TPSA) is 95.9 Å². The molecule has 0 fully saturated rings. The van der Waals surface area contributed by atoms with Crippen LogP contribution >= 0.6 is 0 Å². The van der Waals surface area contributed by atoms with Crippen molar-refractivity contribution in [2.24, 2.45) is 5.92 Å². The molecule has 2 N–H and O–H groups in total. The van der Waals surface area contributed by atoms with Crippen molar-refractivity contribution in [1.29, 1.82) is 0 Å². The molecule has 3 rings (SSSR count). The van der Waals surface area contributed by atoms with Gasteiger partial charge in [-0.15, -0.1) is 0 Å². The van der Waals surface area contributed by atoms with E-state index < -0.39 is 12.1 Å². The lowest BCUT2D eigenvalue weighted by atomic mass is 9.98. The summed E-state index contributed by atoms with van der Waals surface area (Å²) in [6.45, 7) is 4.49. The molecule has 1 unspecified atom stereocenters. The zero-order valence-electron chi connectivity index (χ0n) is 19.3. The molecule has 0 saturated carbocycles. The number of aliphatic carboxylic acids is 1. The lowest BCUT2D eigenvalue weighted by Gasteiger charge is -2.23. The molecule has 0 spiro atoms. The maximum absolute atomic E-state index is 12.5. The first-order chi connectivity index (χ1) is 15.9. The minimum atomic E-state index is -1.01. The van der Waals surface area contributed by atoms with Crippen LogP contribution in [0.25, 0.3) is 11.1 Å². The summed E-state index contributed by atoms with van der Waals surface area (Å²) < 4.78 is 5.52. The molecule has 33 heavy (non-hydrogen) atoms. The number of carbonyl (C=O) groups excluding carboxylic acids is 2. The van der Waals surface area contributed by atoms with Crippen LogP contribution in [0.2, 0.25) is 0 Å². The summed E-state index contributed by atoms with van der Waals surface area (Å²) in [6.07, 6.45) is 1.39. The number of rotatable bonds is 11. The van der Waals surface area contributed by atoms with Crippen molar-refractivity contribution in [2.75, 3.05) is 26.2 Å². The number of hydrogen-bond donors (Lipinski definition) is 2. The second-order valence-corrected chi connectivity index (χ2v) is 8.45. The second kappa shape index (κ2) is 11.5. The average Bonchev–Trinajstić information content (AvgIpc) is 3.13. The Kier molecular flexibility index (Phi) is 8.46. The molecule has 1 aliphatic carbocycles. The minimum absolute atomic E-state index is 0.0135. The number of nitrogens with one attached hydrogen (secondary N) is 1. The summed E-state index contributed by atoms with van der Waals surface area (Å²) in [7, 11) is 0. The molecule has 0 heterocycles. The Morgan fingerprint density at radius 2 is 1.67 bits per heavy atom. The van der Waals surface area contributed by atoms with Gasteiger partial charge in [-0.25, -0.2) is 4.79 Å². The summed E-state index contributed by atoms with van der Waals surface area (Å²) in [4.78, 5) is 37.1. The second-order valence-electron chi connectivity index (χ2n) is 8.45. The fourth-order valence-electron chi connectivity index (χ4n) is 4.38. The van der Waals surface area contributed by atoms with E-state index in [1.807, 2.05) is 31.2 Å². The first-order valence-corrected chi connectivity index (χ1v) is 11.5. The van der Waals surface area contributed by atoms with E-state index in [2.05, 4.69) is 29.6 Å². The highest BCUT2D eigenvalue weighted by Gasteiger charge is 2.29. The van der Waals surface area contributed by atoms with Gasteiger partial charge in [-0.1, -0.05) is 62.4 Å². The SMILES string of the molecule is CCCN(CC(=O)O)C(=O)C(C)CCCNC(=O)OCC1c2ccccc2-c2ccccc21. The van der Waals surface area contributed by atoms with E-state index >= 15 is 0 Å². The van der Waals surface area contributed by atoms with Crippen LogP contribution in [-0.4, -0.2) is 54.2 Å². The Labute approximate surface area is 194 Å². The lowest BCUT2D eigenvalue weighted by Crippen LogP contribution is -2.39. The molecule has 2 aromatic carbocycles. The summed E-state index contributed by atoms with van der Waals surface area (Å²) >= 11 is 0. The monoisotopic (exact) mass is 452 g/mol. The van der Waals surface area contributed by atoms with Crippen molar-refractivity contribution in [3.8, 4) is 11.1 Å². The number of benzene rings is 2. The number of carbonyl (C=O) groups is 3. The van der Waals surface area contributed by atoms with Gasteiger partial charge >= 0.3 is 12.1 Å². The number of carboxylic acid groups (broad SMARTS) is 1. The van der Waals surface area contributed by atoms with Gasteiger partial charge in [-0.2, -0.15) is 0 Å². The third kappa shape index (κ3) is 6.12. The molecular weight excluding hydrogens is 420 g/mol. The highest BCUT2D eigenvalue weighted by atomic mass is 16.5. The molecular formula is C26H32N2O5. The molecule has 0 saturated heterocycles. The van der Waals surface area contributed by atoms with Gasteiger partial charge in [0.2, 0.25) is 5.91 Å². The summed E-state index contributed by atoms with van der Waals surface area (Å²) in [5.74, 6) is -1.47. The Morgan fingerprint density at radius 1 is 1.06 bits per heavy atom. The van der Waals surface area contributed by atoms with E-state index in [4.69, 9.17) is 9.84 Å². The van der Waals surface area contributed by atoms with E-state index in [9.17, 15) is 14.4 Å². The van der Waals surface area contributed by atoms with E-state index in [-0.39, 0.29) is 30.9 Å². The Morgan fingerprint density at radius 3 is 2.24 bits per heavy atom. The van der Waals surface area contributed by atoms with Crippen LogP contribution < -0.4 is 5.32 Å². The maximum atomic E-state index is 12.5. The largest absolute Gasteiger partial charge is 0.480 e. The number of hydrogen-bond acceptors (Lipinski definition) is 4. The maximum Gasteiger partial charge on any atom is 0.407 e. The molecule has 7 nitrogen and oxygen atoms in total. The number of carboxylic acids is 1. The highest BCUT2D eigenvalue weighted by molar-refractivity contribution is 5.83. The number of amides is 2. The van der Waals surface area contributed by atoms with Crippen LogP contribution in [0.15, 0.2) is 48.5 Å². The van der Waals surface area contributed by atoms with Crippen molar-refractivity contribution in [1.82, 2.24) is 10.2 Å². The molecule has 1 atom stereocenters. The van der Waals surface area contributed by atoms with Gasteiger partial charge in [0.15, 0.2) is 0 Å². The lowest BCUT2D eigenvalue weighted by molar-refractivity contribution is -0.146. The smallest absolute Gasteiger partial charge is 0.407 e. The Balaban J connectivity index is 1.43. The van der Waals surface area contributed by atoms with Crippen molar-refractivity contribution in [3.63, 3.8) is 0 Å². The zero-order chi connectivity index (χ0) is 23.8. The third-order valence-electron chi connectivity index (χ3n) is 5.98. The van der Waals surface area contributed by atoms with Gasteiger partial charge in [-0.05, 0) is 41.5 Å². The third-order valence-corrected chi connectivity index (χ3v) is 5.98. The molecule has 2 aromatic rings. The van der Waals surface area contributed by atoms with Gasteiger partial charge in [0.25, 0.3) is 0 Å². The summed E-state index contributed by atoms with van der Waals surface area (Å²) in [5, 5.41) is 11.8. The van der Waals surface area contributed by atoms with Crippen LogP contribution in [0.1, 0.15) is 50.2 Å². The van der Waals surface area contributed by atoms with Gasteiger partial charge in [0, 0.05) is 24.9 Å². The predicted molar refractivity (Wildman–Crippen MR) is 126 cm³/mol. The van der Waals surface area contributed by atoms with Crippen LogP contribution in [0.3, 0.4) is 0 Å². The van der Waals surface area contributed by atoms with E-state index in [0.29, 0.717) is 32.4 Å². The number of nitrogens with zero attached hydrogens (tertiary/aromatic N) is 1. The Hall–Kier alpha value is -3.35. The van der Waals surface area contributed by atoms with Crippen molar-refractivity contribution in [2.45, 2.75) is 39.0 Å². The van der Waals surface area contributed by atoms with E-state index in [1.165, 1.54) is 16.0 Å².